The zero-order valence-electron chi connectivity index (χ0n) is 14.5. The molecule has 2 rings (SSSR count). The second-order valence-electron chi connectivity index (χ2n) is 5.55. The van der Waals surface area contributed by atoms with Crippen molar-refractivity contribution < 1.29 is 13.9 Å². The van der Waals surface area contributed by atoms with Gasteiger partial charge in [-0.05, 0) is 36.1 Å². The van der Waals surface area contributed by atoms with Crippen LogP contribution in [0.25, 0.3) is 0 Å². The van der Waals surface area contributed by atoms with E-state index in [1.165, 1.54) is 12.1 Å². The van der Waals surface area contributed by atoms with Gasteiger partial charge in [0.15, 0.2) is 5.96 Å². The zero-order valence-corrected chi connectivity index (χ0v) is 16.1. The minimum absolute atomic E-state index is 0.0310. The van der Waals surface area contributed by atoms with Crippen LogP contribution in [-0.2, 0) is 6.42 Å². The normalized spacial score (nSPS) is 12.8. The molecule has 3 N–H and O–H groups in total. The van der Waals surface area contributed by atoms with Gasteiger partial charge in [0.05, 0.1) is 23.9 Å². The summed E-state index contributed by atoms with van der Waals surface area (Å²) < 4.78 is 18.8. The van der Waals surface area contributed by atoms with Crippen LogP contribution in [0.1, 0.15) is 17.4 Å². The number of aliphatic hydroxyl groups is 1. The van der Waals surface area contributed by atoms with Crippen LogP contribution in [0.5, 0.6) is 0 Å². The number of benzene rings is 1. The van der Waals surface area contributed by atoms with Gasteiger partial charge in [0, 0.05) is 25.3 Å². The molecule has 0 saturated carbocycles. The highest BCUT2D eigenvalue weighted by atomic mass is 35.5. The molecule has 5 nitrogen and oxygen atoms in total. The quantitative estimate of drug-likeness (QED) is 0.343. The van der Waals surface area contributed by atoms with Crippen LogP contribution in [0.15, 0.2) is 46.0 Å². The van der Waals surface area contributed by atoms with Gasteiger partial charge in [0.2, 0.25) is 0 Å². The Bertz CT molecular complexity index is 698. The maximum Gasteiger partial charge on any atom is 0.191 e. The number of rotatable bonds is 9. The summed E-state index contributed by atoms with van der Waals surface area (Å²) in [5, 5.41) is 16.7. The monoisotopic (exact) mass is 399 g/mol. The summed E-state index contributed by atoms with van der Waals surface area (Å²) in [6, 6.07) is 8.02. The first-order valence-corrected chi connectivity index (χ1v) is 10.0. The molecule has 8 heteroatoms. The van der Waals surface area contributed by atoms with Gasteiger partial charge in [-0.25, -0.2) is 4.39 Å². The second-order valence-corrected chi connectivity index (χ2v) is 6.95. The van der Waals surface area contributed by atoms with E-state index >= 15 is 0 Å². The number of halogens is 2. The van der Waals surface area contributed by atoms with Crippen molar-refractivity contribution in [3.8, 4) is 0 Å². The Kier molecular flexibility index (Phi) is 8.80. The molecule has 1 unspecified atom stereocenters. The number of hydrogen-bond acceptors (Lipinski definition) is 4. The molecule has 0 spiro atoms. The average Bonchev–Trinajstić information content (AvgIpc) is 3.15. The van der Waals surface area contributed by atoms with Crippen molar-refractivity contribution in [1.82, 2.24) is 10.6 Å². The maximum absolute atomic E-state index is 13.5. The van der Waals surface area contributed by atoms with Crippen LogP contribution in [0.3, 0.4) is 0 Å². The average molecular weight is 400 g/mol. The number of guanidine groups is 1. The van der Waals surface area contributed by atoms with Crippen LogP contribution >= 0.6 is 23.4 Å². The van der Waals surface area contributed by atoms with Crippen molar-refractivity contribution in [1.29, 1.82) is 0 Å². The molecule has 1 heterocycles. The first kappa shape index (κ1) is 20.6. The van der Waals surface area contributed by atoms with E-state index in [9.17, 15) is 9.50 Å². The van der Waals surface area contributed by atoms with Crippen molar-refractivity contribution in [2.75, 3.05) is 31.6 Å². The maximum atomic E-state index is 13.5. The SMILES string of the molecule is CSCCNC(=NCC(O)c1ccc(Cl)c(F)c1)NCCc1ccco1. The molecule has 0 fully saturated rings. The molecule has 26 heavy (non-hydrogen) atoms. The fraction of sp³-hybridized carbons (Fsp3) is 0.389. The molecular weight excluding hydrogens is 377 g/mol. The highest BCUT2D eigenvalue weighted by molar-refractivity contribution is 7.98. The Hall–Kier alpha value is -1.70. The molecule has 0 aliphatic heterocycles. The third kappa shape index (κ3) is 6.90. The van der Waals surface area contributed by atoms with E-state index in [1.54, 1.807) is 24.1 Å². The molecule has 0 aliphatic rings. The van der Waals surface area contributed by atoms with E-state index in [1.807, 2.05) is 18.4 Å². The number of thioether (sulfide) groups is 1. The Balaban J connectivity index is 1.92. The molecule has 2 aromatic rings. The van der Waals surface area contributed by atoms with Gasteiger partial charge in [-0.2, -0.15) is 11.8 Å². The number of hydrogen-bond donors (Lipinski definition) is 3. The van der Waals surface area contributed by atoms with Gasteiger partial charge >= 0.3 is 0 Å². The standard InChI is InChI=1S/C18H23ClFN3O2S/c1-26-10-8-22-18(21-7-6-14-3-2-9-25-14)23-12-17(24)13-4-5-15(19)16(20)11-13/h2-5,9,11,17,24H,6-8,10,12H2,1H3,(H2,21,22,23). The summed E-state index contributed by atoms with van der Waals surface area (Å²) in [7, 11) is 0. The molecule has 1 aromatic heterocycles. The summed E-state index contributed by atoms with van der Waals surface area (Å²) in [6.45, 7) is 1.50. The Morgan fingerprint density at radius 1 is 1.35 bits per heavy atom. The minimum atomic E-state index is -0.911. The molecule has 0 radical (unpaired) electrons. The Morgan fingerprint density at radius 2 is 2.15 bits per heavy atom. The number of aliphatic hydroxyl groups excluding tert-OH is 1. The van der Waals surface area contributed by atoms with E-state index in [0.29, 0.717) is 18.1 Å². The van der Waals surface area contributed by atoms with Gasteiger partial charge < -0.3 is 20.2 Å². The highest BCUT2D eigenvalue weighted by Gasteiger charge is 2.10. The van der Waals surface area contributed by atoms with Crippen molar-refractivity contribution in [3.63, 3.8) is 0 Å². The summed E-state index contributed by atoms with van der Waals surface area (Å²) in [5.41, 5.74) is 0.440. The lowest BCUT2D eigenvalue weighted by atomic mass is 10.1. The zero-order chi connectivity index (χ0) is 18.8. The number of furan rings is 1. The summed E-state index contributed by atoms with van der Waals surface area (Å²) >= 11 is 7.40. The first-order chi connectivity index (χ1) is 12.6. The fourth-order valence-corrected chi connectivity index (χ4v) is 2.63. The molecule has 0 aliphatic carbocycles. The fourth-order valence-electron chi connectivity index (χ4n) is 2.21. The third-order valence-corrected chi connectivity index (χ3v) is 4.51. The summed E-state index contributed by atoms with van der Waals surface area (Å²) in [6.07, 6.45) is 3.48. The van der Waals surface area contributed by atoms with Crippen molar-refractivity contribution in [2.45, 2.75) is 12.5 Å². The minimum Gasteiger partial charge on any atom is -0.469 e. The van der Waals surface area contributed by atoms with Crippen molar-refractivity contribution in [3.05, 3.63) is 58.8 Å². The second kappa shape index (κ2) is 11.1. The van der Waals surface area contributed by atoms with Crippen molar-refractivity contribution in [2.24, 2.45) is 4.99 Å². The van der Waals surface area contributed by atoms with Gasteiger partial charge in [-0.1, -0.05) is 17.7 Å². The van der Waals surface area contributed by atoms with Gasteiger partial charge in [0.1, 0.15) is 11.6 Å². The molecule has 142 valence electrons. The largest absolute Gasteiger partial charge is 0.469 e. The molecule has 0 amide bonds. The molecular formula is C18H23ClFN3O2S. The Labute approximate surface area is 162 Å². The van der Waals surface area contributed by atoms with E-state index in [-0.39, 0.29) is 11.6 Å². The van der Waals surface area contributed by atoms with E-state index in [2.05, 4.69) is 15.6 Å². The summed E-state index contributed by atoms with van der Waals surface area (Å²) in [4.78, 5) is 4.39. The van der Waals surface area contributed by atoms with Gasteiger partial charge in [0.25, 0.3) is 0 Å². The topological polar surface area (TPSA) is 69.8 Å². The van der Waals surface area contributed by atoms with Crippen LogP contribution in [0, 0.1) is 5.82 Å². The molecule has 0 saturated heterocycles. The van der Waals surface area contributed by atoms with Crippen LogP contribution in [0.4, 0.5) is 4.39 Å². The van der Waals surface area contributed by atoms with Gasteiger partial charge in [-0.3, -0.25) is 4.99 Å². The van der Waals surface area contributed by atoms with E-state index in [4.69, 9.17) is 16.0 Å². The number of aliphatic imine (C=N–C) groups is 1. The molecule has 1 aromatic carbocycles. The van der Waals surface area contributed by atoms with E-state index in [0.717, 1.165) is 24.5 Å². The van der Waals surface area contributed by atoms with Crippen LogP contribution < -0.4 is 10.6 Å². The highest BCUT2D eigenvalue weighted by Crippen LogP contribution is 2.20. The first-order valence-electron chi connectivity index (χ1n) is 8.26. The predicted molar refractivity (Wildman–Crippen MR) is 105 cm³/mol. The lowest BCUT2D eigenvalue weighted by molar-refractivity contribution is 0.186. The van der Waals surface area contributed by atoms with Crippen LogP contribution in [-0.4, -0.2) is 42.7 Å². The smallest absolute Gasteiger partial charge is 0.191 e. The molecule has 0 bridgehead atoms. The lowest BCUT2D eigenvalue weighted by Crippen LogP contribution is -2.39. The summed E-state index contributed by atoms with van der Waals surface area (Å²) in [5.74, 6) is 1.86. The van der Waals surface area contributed by atoms with E-state index < -0.39 is 11.9 Å². The third-order valence-electron chi connectivity index (χ3n) is 3.59. The van der Waals surface area contributed by atoms with Gasteiger partial charge in [-0.15, -0.1) is 0 Å². The van der Waals surface area contributed by atoms with Crippen LogP contribution in [0.2, 0.25) is 5.02 Å². The lowest BCUT2D eigenvalue weighted by Gasteiger charge is -2.14. The Morgan fingerprint density at radius 3 is 2.85 bits per heavy atom. The number of nitrogens with one attached hydrogen (secondary N) is 2. The number of nitrogens with zero attached hydrogens (tertiary/aromatic N) is 1. The molecule has 1 atom stereocenters. The predicted octanol–water partition coefficient (Wildman–Crippen LogP) is 3.25. The van der Waals surface area contributed by atoms with Crippen molar-refractivity contribution >= 4 is 29.3 Å².